The first-order valence-electron chi connectivity index (χ1n) is 8.36. The Morgan fingerprint density at radius 3 is 2.56 bits per heavy atom. The summed E-state index contributed by atoms with van der Waals surface area (Å²) in [6.45, 7) is 2.76. The van der Waals surface area contributed by atoms with Crippen molar-refractivity contribution in [2.24, 2.45) is 0 Å². The normalized spacial score (nSPS) is 11.7. The van der Waals surface area contributed by atoms with E-state index in [1.807, 2.05) is 56.4 Å². The highest BCUT2D eigenvalue weighted by Gasteiger charge is 2.17. The van der Waals surface area contributed by atoms with E-state index >= 15 is 0 Å². The van der Waals surface area contributed by atoms with Gasteiger partial charge in [0.2, 0.25) is 0 Å². The van der Waals surface area contributed by atoms with Crippen LogP contribution in [0.15, 0.2) is 42.5 Å². The van der Waals surface area contributed by atoms with Crippen molar-refractivity contribution in [1.29, 1.82) is 0 Å². The maximum absolute atomic E-state index is 12.8. The largest absolute Gasteiger partial charge is 0.497 e. The van der Waals surface area contributed by atoms with Gasteiger partial charge in [-0.15, -0.1) is 0 Å². The van der Waals surface area contributed by atoms with E-state index in [2.05, 4.69) is 10.6 Å². The summed E-state index contributed by atoms with van der Waals surface area (Å²) in [5, 5.41) is 6.17. The van der Waals surface area contributed by atoms with Gasteiger partial charge in [0, 0.05) is 11.1 Å². The quantitative estimate of drug-likeness (QED) is 0.774. The Morgan fingerprint density at radius 1 is 1.12 bits per heavy atom. The summed E-state index contributed by atoms with van der Waals surface area (Å²) in [5.41, 5.74) is 2.61. The van der Waals surface area contributed by atoms with Crippen LogP contribution >= 0.6 is 0 Å². The van der Waals surface area contributed by atoms with E-state index in [0.29, 0.717) is 5.56 Å². The van der Waals surface area contributed by atoms with Gasteiger partial charge in [-0.2, -0.15) is 0 Å². The van der Waals surface area contributed by atoms with E-state index in [-0.39, 0.29) is 11.9 Å². The molecule has 2 N–H and O–H groups in total. The summed E-state index contributed by atoms with van der Waals surface area (Å²) in [6.07, 6.45) is 0.803. The van der Waals surface area contributed by atoms with Crippen LogP contribution in [0, 0.1) is 0 Å². The lowest BCUT2D eigenvalue weighted by Crippen LogP contribution is -2.28. The van der Waals surface area contributed by atoms with Gasteiger partial charge in [0.1, 0.15) is 11.5 Å². The number of amides is 1. The lowest BCUT2D eigenvalue weighted by atomic mass is 10.0. The first kappa shape index (κ1) is 18.8. The Hall–Kier alpha value is -2.53. The first-order chi connectivity index (χ1) is 12.1. The van der Waals surface area contributed by atoms with Gasteiger partial charge in [-0.05, 0) is 56.8 Å². The molecule has 25 heavy (non-hydrogen) atoms. The second-order valence-corrected chi connectivity index (χ2v) is 5.81. The molecule has 0 heterocycles. The van der Waals surface area contributed by atoms with E-state index < -0.39 is 0 Å². The molecular weight excluding hydrogens is 316 g/mol. The van der Waals surface area contributed by atoms with Gasteiger partial charge < -0.3 is 20.1 Å². The standard InChI is InChI=1S/C20H26N2O3/c1-14(18-13-16(24-3)9-10-19(18)25-4)22-20(23)17-8-6-5-7-15(17)11-12-21-2/h5-10,13-14,21H,11-12H2,1-4H3,(H,22,23). The summed E-state index contributed by atoms with van der Waals surface area (Å²) in [5.74, 6) is 1.35. The molecule has 5 heteroatoms. The van der Waals surface area contributed by atoms with E-state index in [4.69, 9.17) is 9.47 Å². The van der Waals surface area contributed by atoms with Gasteiger partial charge in [-0.25, -0.2) is 0 Å². The van der Waals surface area contributed by atoms with E-state index in [0.717, 1.165) is 35.6 Å². The fourth-order valence-electron chi connectivity index (χ4n) is 2.75. The zero-order valence-electron chi connectivity index (χ0n) is 15.3. The van der Waals surface area contributed by atoms with Crippen LogP contribution in [0.25, 0.3) is 0 Å². The third-order valence-corrected chi connectivity index (χ3v) is 4.16. The monoisotopic (exact) mass is 342 g/mol. The van der Waals surface area contributed by atoms with Crippen LogP contribution in [0.1, 0.15) is 34.5 Å². The number of carbonyl (C=O) groups excluding carboxylic acids is 1. The number of benzene rings is 2. The van der Waals surface area contributed by atoms with Gasteiger partial charge in [0.05, 0.1) is 20.3 Å². The molecule has 134 valence electrons. The molecular formula is C20H26N2O3. The minimum Gasteiger partial charge on any atom is -0.497 e. The molecule has 1 amide bonds. The van der Waals surface area contributed by atoms with Gasteiger partial charge in [0.25, 0.3) is 5.91 Å². The van der Waals surface area contributed by atoms with Crippen molar-refractivity contribution in [2.45, 2.75) is 19.4 Å². The fourth-order valence-corrected chi connectivity index (χ4v) is 2.75. The minimum atomic E-state index is -0.213. The Balaban J connectivity index is 2.21. The van der Waals surface area contributed by atoms with Crippen LogP contribution in [0.4, 0.5) is 0 Å². The number of hydrogen-bond acceptors (Lipinski definition) is 4. The zero-order valence-corrected chi connectivity index (χ0v) is 15.3. The SMILES string of the molecule is CNCCc1ccccc1C(=O)NC(C)c1cc(OC)ccc1OC. The average molecular weight is 342 g/mol. The average Bonchev–Trinajstić information content (AvgIpc) is 2.65. The molecule has 0 spiro atoms. The molecule has 0 aromatic heterocycles. The van der Waals surface area contributed by atoms with E-state index in [9.17, 15) is 4.79 Å². The van der Waals surface area contributed by atoms with Crippen LogP contribution < -0.4 is 20.1 Å². The molecule has 5 nitrogen and oxygen atoms in total. The van der Waals surface area contributed by atoms with Gasteiger partial charge in [0.15, 0.2) is 0 Å². The topological polar surface area (TPSA) is 59.6 Å². The molecule has 0 radical (unpaired) electrons. The molecule has 2 rings (SSSR count). The predicted molar refractivity (Wildman–Crippen MR) is 99.5 cm³/mol. The number of likely N-dealkylation sites (N-methyl/N-ethyl adjacent to an activating group) is 1. The van der Waals surface area contributed by atoms with Crippen molar-refractivity contribution >= 4 is 5.91 Å². The zero-order chi connectivity index (χ0) is 18.2. The number of nitrogens with one attached hydrogen (secondary N) is 2. The lowest BCUT2D eigenvalue weighted by molar-refractivity contribution is 0.0938. The van der Waals surface area contributed by atoms with Crippen LogP contribution in [0.2, 0.25) is 0 Å². The van der Waals surface area contributed by atoms with Crippen molar-refractivity contribution in [3.63, 3.8) is 0 Å². The summed E-state index contributed by atoms with van der Waals surface area (Å²) in [4.78, 5) is 12.8. The molecule has 1 atom stereocenters. The number of hydrogen-bond donors (Lipinski definition) is 2. The van der Waals surface area contributed by atoms with Crippen molar-refractivity contribution in [2.75, 3.05) is 27.8 Å². The molecule has 0 saturated heterocycles. The van der Waals surface area contributed by atoms with Crippen LogP contribution in [-0.4, -0.2) is 33.7 Å². The molecule has 0 aliphatic rings. The predicted octanol–water partition coefficient (Wildman–Crippen LogP) is 2.96. The highest BCUT2D eigenvalue weighted by Crippen LogP contribution is 2.29. The molecule has 1 unspecified atom stereocenters. The third-order valence-electron chi connectivity index (χ3n) is 4.16. The number of rotatable bonds is 8. The van der Waals surface area contributed by atoms with Gasteiger partial charge >= 0.3 is 0 Å². The molecule has 2 aromatic carbocycles. The summed E-state index contributed by atoms with van der Waals surface area (Å²) in [7, 11) is 5.14. The van der Waals surface area contributed by atoms with Crippen molar-refractivity contribution < 1.29 is 14.3 Å². The third kappa shape index (κ3) is 4.73. The van der Waals surface area contributed by atoms with Crippen LogP contribution in [0.5, 0.6) is 11.5 Å². The van der Waals surface area contributed by atoms with Crippen LogP contribution in [-0.2, 0) is 6.42 Å². The summed E-state index contributed by atoms with van der Waals surface area (Å²) < 4.78 is 10.7. The summed E-state index contributed by atoms with van der Waals surface area (Å²) >= 11 is 0. The Bertz CT molecular complexity index is 716. The number of methoxy groups -OCH3 is 2. The highest BCUT2D eigenvalue weighted by atomic mass is 16.5. The smallest absolute Gasteiger partial charge is 0.252 e. The van der Waals surface area contributed by atoms with Crippen molar-refractivity contribution in [1.82, 2.24) is 10.6 Å². The Labute approximate surface area is 149 Å². The van der Waals surface area contributed by atoms with Crippen LogP contribution in [0.3, 0.4) is 0 Å². The maximum Gasteiger partial charge on any atom is 0.252 e. The fraction of sp³-hybridized carbons (Fsp3) is 0.350. The molecule has 0 aliphatic heterocycles. The van der Waals surface area contributed by atoms with Gasteiger partial charge in [-0.1, -0.05) is 18.2 Å². The van der Waals surface area contributed by atoms with E-state index in [1.165, 1.54) is 0 Å². The first-order valence-corrected chi connectivity index (χ1v) is 8.36. The van der Waals surface area contributed by atoms with Crippen molar-refractivity contribution in [3.8, 4) is 11.5 Å². The summed E-state index contributed by atoms with van der Waals surface area (Å²) in [6, 6.07) is 13.0. The highest BCUT2D eigenvalue weighted by molar-refractivity contribution is 5.96. The second-order valence-electron chi connectivity index (χ2n) is 5.81. The molecule has 2 aromatic rings. The molecule has 0 fully saturated rings. The Kier molecular flexibility index (Phi) is 6.83. The maximum atomic E-state index is 12.8. The number of ether oxygens (including phenoxy) is 2. The molecule has 0 aliphatic carbocycles. The molecule has 0 saturated carbocycles. The number of carbonyl (C=O) groups is 1. The molecule has 0 bridgehead atoms. The van der Waals surface area contributed by atoms with Crippen molar-refractivity contribution in [3.05, 3.63) is 59.2 Å². The lowest BCUT2D eigenvalue weighted by Gasteiger charge is -2.19. The second kappa shape index (κ2) is 9.08. The van der Waals surface area contributed by atoms with Gasteiger partial charge in [-0.3, -0.25) is 4.79 Å². The Morgan fingerprint density at radius 2 is 1.88 bits per heavy atom. The minimum absolute atomic E-state index is 0.0934. The van der Waals surface area contributed by atoms with E-state index in [1.54, 1.807) is 14.2 Å².